The molecule has 1 fully saturated rings. The Labute approximate surface area is 53.5 Å². The Morgan fingerprint density at radius 3 is 2.38 bits per heavy atom. The van der Waals surface area contributed by atoms with Gasteiger partial charge in [-0.25, -0.2) is 0 Å². The third kappa shape index (κ3) is 1.31. The van der Waals surface area contributed by atoms with Crippen molar-refractivity contribution in [2.75, 3.05) is 24.6 Å². The molecular weight excluding hydrogens is 120 g/mol. The summed E-state index contributed by atoms with van der Waals surface area (Å²) in [5.41, 5.74) is 0. The molecule has 0 radical (unpaired) electrons. The molecule has 1 aliphatic rings. The summed E-state index contributed by atoms with van der Waals surface area (Å²) in [5.74, 6) is 2.24. The monoisotopic (exact) mass is 128 g/mol. The minimum Gasteiger partial charge on any atom is -0.309 e. The molecule has 0 bridgehead atoms. The molecule has 2 nitrogen and oxygen atoms in total. The van der Waals surface area contributed by atoms with Crippen LogP contribution in [0.15, 0.2) is 0 Å². The maximum Gasteiger partial charge on any atom is 0.179 e. The average molecular weight is 128 g/mol. The van der Waals surface area contributed by atoms with Crippen LogP contribution >= 0.6 is 11.8 Å². The van der Waals surface area contributed by atoms with Gasteiger partial charge in [0, 0.05) is 24.6 Å². The number of nitriles is 1. The number of hydrogen-bond acceptors (Lipinski definition) is 3. The first-order chi connectivity index (χ1) is 3.93. The van der Waals surface area contributed by atoms with Gasteiger partial charge in [0.15, 0.2) is 6.19 Å². The highest BCUT2D eigenvalue weighted by atomic mass is 32.2. The van der Waals surface area contributed by atoms with Crippen molar-refractivity contribution in [1.82, 2.24) is 4.90 Å². The third-order valence-corrected chi connectivity index (χ3v) is 2.10. The topological polar surface area (TPSA) is 27.0 Å². The van der Waals surface area contributed by atoms with Crippen LogP contribution in [0.25, 0.3) is 0 Å². The van der Waals surface area contributed by atoms with E-state index in [-0.39, 0.29) is 0 Å². The highest BCUT2D eigenvalue weighted by Gasteiger charge is 2.05. The first-order valence-corrected chi connectivity index (χ1v) is 3.81. The van der Waals surface area contributed by atoms with E-state index >= 15 is 0 Å². The van der Waals surface area contributed by atoms with Gasteiger partial charge >= 0.3 is 0 Å². The van der Waals surface area contributed by atoms with E-state index in [4.69, 9.17) is 5.26 Å². The molecule has 1 saturated heterocycles. The zero-order chi connectivity index (χ0) is 5.82. The molecule has 0 aromatic heterocycles. The lowest BCUT2D eigenvalue weighted by Gasteiger charge is -2.19. The van der Waals surface area contributed by atoms with Gasteiger partial charge in [-0.2, -0.15) is 17.0 Å². The van der Waals surface area contributed by atoms with Crippen molar-refractivity contribution in [2.45, 2.75) is 0 Å². The van der Waals surface area contributed by atoms with Crippen molar-refractivity contribution in [3.8, 4) is 6.19 Å². The lowest BCUT2D eigenvalue weighted by atomic mass is 10.5. The summed E-state index contributed by atoms with van der Waals surface area (Å²) in [6, 6.07) is 0. The SMILES string of the molecule is N#CN1CCSCC1. The Bertz CT molecular complexity index is 101. The fourth-order valence-corrected chi connectivity index (χ4v) is 1.57. The number of thioether (sulfide) groups is 1. The molecule has 1 rings (SSSR count). The van der Waals surface area contributed by atoms with Crippen molar-refractivity contribution in [3.05, 3.63) is 0 Å². The Morgan fingerprint density at radius 2 is 2.00 bits per heavy atom. The minimum absolute atomic E-state index is 0.946. The lowest BCUT2D eigenvalue weighted by Crippen LogP contribution is -2.27. The number of hydrogen-bond donors (Lipinski definition) is 0. The molecule has 1 aliphatic heterocycles. The van der Waals surface area contributed by atoms with E-state index in [9.17, 15) is 0 Å². The van der Waals surface area contributed by atoms with Gasteiger partial charge in [0.1, 0.15) is 0 Å². The minimum atomic E-state index is 0.946. The van der Waals surface area contributed by atoms with Crippen molar-refractivity contribution in [1.29, 1.82) is 5.26 Å². The zero-order valence-electron chi connectivity index (χ0n) is 4.63. The van der Waals surface area contributed by atoms with Gasteiger partial charge in [0.05, 0.1) is 0 Å². The Kier molecular flexibility index (Phi) is 2.04. The highest BCUT2D eigenvalue weighted by Crippen LogP contribution is 2.06. The maximum atomic E-state index is 8.36. The Morgan fingerprint density at radius 1 is 1.38 bits per heavy atom. The summed E-state index contributed by atoms with van der Waals surface area (Å²) < 4.78 is 0. The third-order valence-electron chi connectivity index (χ3n) is 1.15. The molecule has 0 unspecified atom stereocenters. The van der Waals surface area contributed by atoms with Gasteiger partial charge in [0.25, 0.3) is 0 Å². The van der Waals surface area contributed by atoms with Crippen LogP contribution in [-0.2, 0) is 0 Å². The van der Waals surface area contributed by atoms with E-state index < -0.39 is 0 Å². The molecule has 0 spiro atoms. The molecular formula is C5H8N2S. The molecule has 1 heterocycles. The predicted molar refractivity (Wildman–Crippen MR) is 34.5 cm³/mol. The lowest BCUT2D eigenvalue weighted by molar-refractivity contribution is 0.434. The molecule has 0 aromatic carbocycles. The van der Waals surface area contributed by atoms with Gasteiger partial charge in [-0.15, -0.1) is 0 Å². The number of rotatable bonds is 0. The quantitative estimate of drug-likeness (QED) is 0.445. The molecule has 0 aliphatic carbocycles. The van der Waals surface area contributed by atoms with E-state index in [0.717, 1.165) is 24.6 Å². The van der Waals surface area contributed by atoms with Crippen LogP contribution in [0.5, 0.6) is 0 Å². The second kappa shape index (κ2) is 2.83. The fraction of sp³-hybridized carbons (Fsp3) is 0.800. The second-order valence-corrected chi connectivity index (χ2v) is 2.92. The highest BCUT2D eigenvalue weighted by molar-refractivity contribution is 7.99. The summed E-state index contributed by atoms with van der Waals surface area (Å²) in [6.45, 7) is 1.89. The normalized spacial score (nSPS) is 20.1. The van der Waals surface area contributed by atoms with Crippen LogP contribution < -0.4 is 0 Å². The van der Waals surface area contributed by atoms with Crippen LogP contribution in [0.1, 0.15) is 0 Å². The average Bonchev–Trinajstić information content (AvgIpc) is 1.90. The Hall–Kier alpha value is -0.360. The van der Waals surface area contributed by atoms with Crippen LogP contribution in [0.3, 0.4) is 0 Å². The van der Waals surface area contributed by atoms with Crippen LogP contribution in [0.2, 0.25) is 0 Å². The van der Waals surface area contributed by atoms with Crippen molar-refractivity contribution in [3.63, 3.8) is 0 Å². The van der Waals surface area contributed by atoms with Crippen molar-refractivity contribution >= 4 is 11.8 Å². The van der Waals surface area contributed by atoms with Crippen LogP contribution in [0, 0.1) is 11.5 Å². The van der Waals surface area contributed by atoms with E-state index in [1.165, 1.54) is 0 Å². The van der Waals surface area contributed by atoms with E-state index in [1.807, 2.05) is 11.8 Å². The van der Waals surface area contributed by atoms with Crippen LogP contribution in [0.4, 0.5) is 0 Å². The van der Waals surface area contributed by atoms with E-state index in [1.54, 1.807) is 4.90 Å². The summed E-state index contributed by atoms with van der Waals surface area (Å²) in [4.78, 5) is 1.80. The first-order valence-electron chi connectivity index (χ1n) is 2.66. The van der Waals surface area contributed by atoms with Gasteiger partial charge in [-0.05, 0) is 0 Å². The molecule has 44 valence electrons. The van der Waals surface area contributed by atoms with Gasteiger partial charge in [-0.3, -0.25) is 0 Å². The molecule has 0 amide bonds. The maximum absolute atomic E-state index is 8.36. The fourth-order valence-electron chi connectivity index (χ4n) is 0.663. The first kappa shape index (κ1) is 5.77. The van der Waals surface area contributed by atoms with Gasteiger partial charge in [-0.1, -0.05) is 0 Å². The second-order valence-electron chi connectivity index (χ2n) is 1.70. The standard InChI is InChI=1S/C5H8N2S/c6-5-7-1-3-8-4-2-7/h1-4H2. The largest absolute Gasteiger partial charge is 0.309 e. The molecule has 0 atom stereocenters. The van der Waals surface area contributed by atoms with Crippen LogP contribution in [-0.4, -0.2) is 29.5 Å². The van der Waals surface area contributed by atoms with Gasteiger partial charge < -0.3 is 4.90 Å². The Balaban J connectivity index is 2.25. The smallest absolute Gasteiger partial charge is 0.179 e. The predicted octanol–water partition coefficient (Wildman–Crippen LogP) is 0.516. The summed E-state index contributed by atoms with van der Waals surface area (Å²) >= 11 is 1.92. The summed E-state index contributed by atoms with van der Waals surface area (Å²) in [6.07, 6.45) is 2.12. The molecule has 0 saturated carbocycles. The number of nitrogens with zero attached hydrogens (tertiary/aromatic N) is 2. The summed E-state index contributed by atoms with van der Waals surface area (Å²) in [7, 11) is 0. The van der Waals surface area contributed by atoms with E-state index in [0.29, 0.717) is 0 Å². The molecule has 0 aromatic rings. The van der Waals surface area contributed by atoms with Crippen molar-refractivity contribution < 1.29 is 0 Å². The molecule has 3 heteroatoms. The van der Waals surface area contributed by atoms with Gasteiger partial charge in [0.2, 0.25) is 0 Å². The molecule has 0 N–H and O–H groups in total. The molecule has 8 heavy (non-hydrogen) atoms. The zero-order valence-corrected chi connectivity index (χ0v) is 5.45. The van der Waals surface area contributed by atoms with E-state index in [2.05, 4.69) is 6.19 Å². The summed E-state index contributed by atoms with van der Waals surface area (Å²) in [5, 5.41) is 8.36. The van der Waals surface area contributed by atoms with Crippen molar-refractivity contribution in [2.24, 2.45) is 0 Å².